The van der Waals surface area contributed by atoms with E-state index in [-0.39, 0.29) is 5.91 Å². The van der Waals surface area contributed by atoms with E-state index in [9.17, 15) is 4.79 Å². The highest BCUT2D eigenvalue weighted by molar-refractivity contribution is 5.93. The molecule has 2 aromatic rings. The molecule has 0 unspecified atom stereocenters. The van der Waals surface area contributed by atoms with Gasteiger partial charge in [0.25, 0.3) is 5.91 Å². The number of nitrogens with zero attached hydrogens (tertiary/aromatic N) is 1. The highest BCUT2D eigenvalue weighted by Gasteiger charge is 2.03. The van der Waals surface area contributed by atoms with Gasteiger partial charge in [0.05, 0.1) is 0 Å². The molecule has 3 nitrogen and oxygen atoms in total. The minimum Gasteiger partial charge on any atom is -0.355 e. The molecule has 0 radical (unpaired) electrons. The fourth-order valence-corrected chi connectivity index (χ4v) is 2.21. The smallest absolute Gasteiger partial charge is 0.251 e. The second-order valence-corrected chi connectivity index (χ2v) is 5.29. The molecule has 0 spiro atoms. The summed E-state index contributed by atoms with van der Waals surface area (Å²) in [5.74, 6) is -0.0503. The molecule has 0 heterocycles. The van der Waals surface area contributed by atoms with Gasteiger partial charge in [0, 0.05) is 25.7 Å². The third-order valence-electron chi connectivity index (χ3n) is 3.42. The van der Waals surface area contributed by atoms with Crippen LogP contribution in [0.5, 0.6) is 0 Å². The quantitative estimate of drug-likeness (QED) is 0.887. The molecule has 0 saturated carbocycles. The van der Waals surface area contributed by atoms with Crippen molar-refractivity contribution < 1.29 is 4.79 Å². The van der Waals surface area contributed by atoms with Crippen LogP contribution in [-0.4, -0.2) is 31.4 Å². The largest absolute Gasteiger partial charge is 0.355 e. The van der Waals surface area contributed by atoms with E-state index in [0.29, 0.717) is 5.56 Å². The van der Waals surface area contributed by atoms with Crippen LogP contribution in [0.3, 0.4) is 0 Å². The number of carbonyl (C=O) groups is 1. The first-order valence-electron chi connectivity index (χ1n) is 7.40. The van der Waals surface area contributed by atoms with Gasteiger partial charge in [-0.3, -0.25) is 9.69 Å². The maximum Gasteiger partial charge on any atom is 0.251 e. The molecule has 114 valence electrons. The van der Waals surface area contributed by atoms with Crippen molar-refractivity contribution in [2.75, 3.05) is 20.6 Å². The summed E-state index contributed by atoms with van der Waals surface area (Å²) >= 11 is 0. The van der Waals surface area contributed by atoms with E-state index in [4.69, 9.17) is 0 Å². The summed E-state index contributed by atoms with van der Waals surface area (Å²) in [5.41, 5.74) is 3.10. The van der Waals surface area contributed by atoms with Gasteiger partial charge < -0.3 is 5.32 Å². The predicted octanol–water partition coefficient (Wildman–Crippen LogP) is 3.19. The van der Waals surface area contributed by atoms with Crippen LogP contribution in [0.1, 0.15) is 21.5 Å². The number of rotatable bonds is 6. The lowest BCUT2D eigenvalue weighted by molar-refractivity contribution is 0.0963. The molecule has 3 heteroatoms. The molecule has 0 saturated heterocycles. The Kier molecular flexibility index (Phi) is 5.92. The molecule has 2 aromatic carbocycles. The molecule has 0 aliphatic heterocycles. The Hall–Kier alpha value is -2.39. The Bertz CT molecular complexity index is 618. The lowest BCUT2D eigenvalue weighted by Crippen LogP contribution is -2.19. The van der Waals surface area contributed by atoms with Crippen molar-refractivity contribution in [3.05, 3.63) is 77.4 Å². The zero-order valence-electron chi connectivity index (χ0n) is 13.1. The average Bonchev–Trinajstić information content (AvgIpc) is 2.56. The van der Waals surface area contributed by atoms with Gasteiger partial charge >= 0.3 is 0 Å². The van der Waals surface area contributed by atoms with E-state index in [1.54, 1.807) is 7.05 Å². The van der Waals surface area contributed by atoms with Crippen LogP contribution in [0.2, 0.25) is 0 Å². The molecule has 2 rings (SSSR count). The number of carbonyl (C=O) groups excluding carboxylic acids is 1. The summed E-state index contributed by atoms with van der Waals surface area (Å²) in [5, 5.41) is 2.63. The SMILES string of the molecule is CNC(=O)c1ccc(CN(C)C/C=C/c2ccccc2)cc1. The lowest BCUT2D eigenvalue weighted by atomic mass is 10.1. The highest BCUT2D eigenvalue weighted by atomic mass is 16.1. The minimum atomic E-state index is -0.0503. The van der Waals surface area contributed by atoms with Crippen LogP contribution in [0.25, 0.3) is 6.08 Å². The molecule has 0 fully saturated rings. The summed E-state index contributed by atoms with van der Waals surface area (Å²) in [6, 6.07) is 18.0. The third-order valence-corrected chi connectivity index (χ3v) is 3.42. The van der Waals surface area contributed by atoms with Gasteiger partial charge in [0.15, 0.2) is 0 Å². The monoisotopic (exact) mass is 294 g/mol. The lowest BCUT2D eigenvalue weighted by Gasteiger charge is -2.14. The van der Waals surface area contributed by atoms with Gasteiger partial charge in [-0.2, -0.15) is 0 Å². The molecular weight excluding hydrogens is 272 g/mol. The molecule has 1 N–H and O–H groups in total. The maximum atomic E-state index is 11.5. The summed E-state index contributed by atoms with van der Waals surface area (Å²) in [6.45, 7) is 1.74. The normalized spacial score (nSPS) is 11.0. The van der Waals surface area contributed by atoms with Crippen molar-refractivity contribution in [1.29, 1.82) is 0 Å². The van der Waals surface area contributed by atoms with Crippen LogP contribution in [-0.2, 0) is 6.54 Å². The Morgan fingerprint density at radius 2 is 1.77 bits per heavy atom. The molecule has 0 aliphatic rings. The fourth-order valence-electron chi connectivity index (χ4n) is 2.21. The van der Waals surface area contributed by atoms with E-state index in [1.807, 2.05) is 42.5 Å². The van der Waals surface area contributed by atoms with Crippen molar-refractivity contribution in [3.8, 4) is 0 Å². The molecule has 0 bridgehead atoms. The zero-order chi connectivity index (χ0) is 15.8. The molecule has 0 aromatic heterocycles. The van der Waals surface area contributed by atoms with E-state index < -0.39 is 0 Å². The fraction of sp³-hybridized carbons (Fsp3) is 0.211. The van der Waals surface area contributed by atoms with E-state index in [1.165, 1.54) is 11.1 Å². The molecular formula is C19H22N2O. The van der Waals surface area contributed by atoms with Gasteiger partial charge in [-0.25, -0.2) is 0 Å². The Morgan fingerprint density at radius 3 is 2.41 bits per heavy atom. The van der Waals surface area contributed by atoms with Crippen LogP contribution >= 0.6 is 0 Å². The summed E-state index contributed by atoms with van der Waals surface area (Å²) in [7, 11) is 3.73. The van der Waals surface area contributed by atoms with Gasteiger partial charge in [-0.1, -0.05) is 54.6 Å². The Balaban J connectivity index is 1.85. The van der Waals surface area contributed by atoms with Crippen molar-refractivity contribution in [3.63, 3.8) is 0 Å². The van der Waals surface area contributed by atoms with Gasteiger partial charge in [-0.05, 0) is 30.3 Å². The Morgan fingerprint density at radius 1 is 1.09 bits per heavy atom. The van der Waals surface area contributed by atoms with Crippen LogP contribution in [0, 0.1) is 0 Å². The molecule has 0 atom stereocenters. The molecule has 1 amide bonds. The van der Waals surface area contributed by atoms with Gasteiger partial charge in [0.1, 0.15) is 0 Å². The summed E-state index contributed by atoms with van der Waals surface area (Å²) < 4.78 is 0. The van der Waals surface area contributed by atoms with Crippen LogP contribution in [0.4, 0.5) is 0 Å². The van der Waals surface area contributed by atoms with E-state index >= 15 is 0 Å². The molecule has 22 heavy (non-hydrogen) atoms. The van der Waals surface area contributed by atoms with E-state index in [2.05, 4.69) is 41.5 Å². The predicted molar refractivity (Wildman–Crippen MR) is 91.6 cm³/mol. The van der Waals surface area contributed by atoms with E-state index in [0.717, 1.165) is 13.1 Å². The topological polar surface area (TPSA) is 32.3 Å². The number of amides is 1. The van der Waals surface area contributed by atoms with Crippen LogP contribution < -0.4 is 5.32 Å². The minimum absolute atomic E-state index is 0.0503. The van der Waals surface area contributed by atoms with Gasteiger partial charge in [-0.15, -0.1) is 0 Å². The van der Waals surface area contributed by atoms with Crippen molar-refractivity contribution >= 4 is 12.0 Å². The number of hydrogen-bond donors (Lipinski definition) is 1. The number of hydrogen-bond acceptors (Lipinski definition) is 2. The van der Waals surface area contributed by atoms with Crippen molar-refractivity contribution in [2.45, 2.75) is 6.54 Å². The maximum absolute atomic E-state index is 11.5. The van der Waals surface area contributed by atoms with Crippen molar-refractivity contribution in [2.24, 2.45) is 0 Å². The first-order chi connectivity index (χ1) is 10.7. The Labute approximate surface area is 132 Å². The van der Waals surface area contributed by atoms with Gasteiger partial charge in [0.2, 0.25) is 0 Å². The third kappa shape index (κ3) is 4.86. The molecule has 0 aliphatic carbocycles. The number of benzene rings is 2. The van der Waals surface area contributed by atoms with Crippen molar-refractivity contribution in [1.82, 2.24) is 10.2 Å². The summed E-state index contributed by atoms with van der Waals surface area (Å²) in [4.78, 5) is 13.7. The number of likely N-dealkylation sites (N-methyl/N-ethyl adjacent to an activating group) is 1. The standard InChI is InChI=1S/C19H22N2O/c1-20-19(22)18-12-10-17(11-13-18)15-21(2)14-6-9-16-7-4-3-5-8-16/h3-13H,14-15H2,1-2H3,(H,20,22)/b9-6+. The van der Waals surface area contributed by atoms with Crippen LogP contribution in [0.15, 0.2) is 60.7 Å². The first kappa shape index (κ1) is 16.0. The first-order valence-corrected chi connectivity index (χ1v) is 7.40. The average molecular weight is 294 g/mol. The summed E-state index contributed by atoms with van der Waals surface area (Å²) in [6.07, 6.45) is 4.29. The second-order valence-electron chi connectivity index (χ2n) is 5.29. The highest BCUT2D eigenvalue weighted by Crippen LogP contribution is 2.07. The zero-order valence-corrected chi connectivity index (χ0v) is 13.1. The second kappa shape index (κ2) is 8.15. The number of nitrogens with one attached hydrogen (secondary N) is 1.